The van der Waals surface area contributed by atoms with Gasteiger partial charge in [0.1, 0.15) is 11.9 Å². The number of fused-ring (bicyclic) bond motifs is 1. The SMILES string of the molecule is COC(=O)[C@H]1C[C@H](CN[C@H]2CC3=C(c4ccn(C(F)F)n4)[C@H](c4ccc(F)cc4Cl)N=C(c4nccs4)N3C2)C1. The van der Waals surface area contributed by atoms with Crippen molar-refractivity contribution in [3.05, 3.63) is 74.8 Å². The van der Waals surface area contributed by atoms with Crippen LogP contribution in [0.25, 0.3) is 5.57 Å². The number of benzene rings is 1. The van der Waals surface area contributed by atoms with Gasteiger partial charge in [-0.1, -0.05) is 17.7 Å². The number of nitrogens with one attached hydrogen (secondary N) is 1. The number of carbonyl (C=O) groups is 1. The lowest BCUT2D eigenvalue weighted by molar-refractivity contribution is -0.150. The van der Waals surface area contributed by atoms with E-state index >= 15 is 0 Å². The predicted molar refractivity (Wildman–Crippen MR) is 145 cm³/mol. The molecule has 0 amide bonds. The molecule has 210 valence electrons. The molecule has 2 fully saturated rings. The van der Waals surface area contributed by atoms with Crippen LogP contribution in [0.15, 0.2) is 52.7 Å². The summed E-state index contributed by atoms with van der Waals surface area (Å²) in [6, 6.07) is 4.98. The van der Waals surface area contributed by atoms with Crippen LogP contribution in [-0.2, 0) is 9.53 Å². The molecule has 1 saturated carbocycles. The van der Waals surface area contributed by atoms with Crippen molar-refractivity contribution in [1.82, 2.24) is 25.0 Å². The molecule has 6 rings (SSSR count). The highest BCUT2D eigenvalue weighted by molar-refractivity contribution is 7.11. The summed E-state index contributed by atoms with van der Waals surface area (Å²) in [7, 11) is 1.41. The van der Waals surface area contributed by atoms with Crippen molar-refractivity contribution in [2.75, 3.05) is 20.2 Å². The number of carbonyl (C=O) groups excluding carboxylic acids is 1. The van der Waals surface area contributed by atoms with Gasteiger partial charge in [0.25, 0.3) is 0 Å². The van der Waals surface area contributed by atoms with Gasteiger partial charge in [0.05, 0.1) is 18.7 Å². The van der Waals surface area contributed by atoms with Gasteiger partial charge in [-0.2, -0.15) is 13.9 Å². The Morgan fingerprint density at radius 2 is 2.12 bits per heavy atom. The minimum Gasteiger partial charge on any atom is -0.469 e. The molecule has 2 aromatic heterocycles. The predicted octanol–water partition coefficient (Wildman–Crippen LogP) is 5.30. The van der Waals surface area contributed by atoms with E-state index in [1.807, 2.05) is 5.38 Å². The molecular weight excluding hydrogens is 565 g/mol. The summed E-state index contributed by atoms with van der Waals surface area (Å²) in [5.41, 5.74) is 2.43. The third-order valence-electron chi connectivity index (χ3n) is 7.69. The Hall–Kier alpha value is -3.22. The molecule has 1 aromatic carbocycles. The van der Waals surface area contributed by atoms with Crippen molar-refractivity contribution in [3.63, 3.8) is 0 Å². The Morgan fingerprint density at radius 1 is 1.30 bits per heavy atom. The monoisotopic (exact) mass is 590 g/mol. The van der Waals surface area contributed by atoms with Crippen molar-refractivity contribution < 1.29 is 22.7 Å². The topological polar surface area (TPSA) is 84.6 Å². The van der Waals surface area contributed by atoms with Crippen molar-refractivity contribution in [2.24, 2.45) is 16.8 Å². The van der Waals surface area contributed by atoms with E-state index in [2.05, 4.69) is 20.3 Å². The van der Waals surface area contributed by atoms with E-state index < -0.39 is 18.4 Å². The van der Waals surface area contributed by atoms with E-state index in [0.29, 0.717) is 51.2 Å². The van der Waals surface area contributed by atoms with Crippen molar-refractivity contribution >= 4 is 40.3 Å². The molecule has 1 saturated heterocycles. The summed E-state index contributed by atoms with van der Waals surface area (Å²) >= 11 is 7.96. The van der Waals surface area contributed by atoms with Crippen molar-refractivity contribution in [1.29, 1.82) is 0 Å². The number of thiazole rings is 1. The van der Waals surface area contributed by atoms with Gasteiger partial charge in [-0.15, -0.1) is 11.3 Å². The number of ether oxygens (including phenoxy) is 1. The van der Waals surface area contributed by atoms with Crippen LogP contribution in [-0.4, -0.2) is 57.7 Å². The number of esters is 1. The zero-order chi connectivity index (χ0) is 28.0. The maximum atomic E-state index is 14.0. The minimum atomic E-state index is -2.80. The molecule has 2 atom stereocenters. The molecular formula is C27H26ClF3N6O2S. The molecule has 0 spiro atoms. The number of aromatic nitrogens is 3. The number of hydrogen-bond donors (Lipinski definition) is 1. The van der Waals surface area contributed by atoms with Crippen LogP contribution in [0.2, 0.25) is 5.02 Å². The van der Waals surface area contributed by atoms with E-state index in [9.17, 15) is 18.0 Å². The zero-order valence-corrected chi connectivity index (χ0v) is 23.0. The largest absolute Gasteiger partial charge is 0.469 e. The highest BCUT2D eigenvalue weighted by atomic mass is 35.5. The average molecular weight is 591 g/mol. The van der Waals surface area contributed by atoms with E-state index in [1.165, 1.54) is 36.8 Å². The summed E-state index contributed by atoms with van der Waals surface area (Å²) in [4.78, 5) is 23.4. The van der Waals surface area contributed by atoms with Crippen LogP contribution in [0, 0.1) is 17.7 Å². The Kier molecular flexibility index (Phi) is 7.41. The highest BCUT2D eigenvalue weighted by Gasteiger charge is 2.42. The fourth-order valence-electron chi connectivity index (χ4n) is 5.69. The Bertz CT molecular complexity index is 1470. The number of aliphatic imine (C=N–C) groups is 1. The van der Waals surface area contributed by atoms with Gasteiger partial charge in [0, 0.05) is 58.6 Å². The summed E-state index contributed by atoms with van der Waals surface area (Å²) in [6.07, 6.45) is 5.09. The number of methoxy groups -OCH3 is 1. The maximum absolute atomic E-state index is 14.0. The first-order chi connectivity index (χ1) is 19.3. The molecule has 13 heteroatoms. The fourth-order valence-corrected chi connectivity index (χ4v) is 6.60. The number of halogens is 4. The van der Waals surface area contributed by atoms with Gasteiger partial charge in [-0.3, -0.25) is 9.79 Å². The Morgan fingerprint density at radius 3 is 2.80 bits per heavy atom. The van der Waals surface area contributed by atoms with Crippen LogP contribution in [0.1, 0.15) is 48.1 Å². The van der Waals surface area contributed by atoms with Crippen LogP contribution >= 0.6 is 22.9 Å². The molecule has 40 heavy (non-hydrogen) atoms. The standard InChI is InChI=1S/C27H26ClF3N6O2S/c1-39-26(38)15-8-14(9-15)12-33-17-11-21-22(20-4-6-37(35-20)27(30)31)23(18-3-2-16(29)10-19(18)28)34-24(36(21)13-17)25-32-5-7-40-25/h2-7,10,14-15,17,23,27,33H,8-9,11-13H2,1H3/t14-,15-,17-,23-/m0/s1. The molecule has 1 N–H and O–H groups in total. The second-order valence-electron chi connectivity index (χ2n) is 10.2. The lowest BCUT2D eigenvalue weighted by Gasteiger charge is -2.34. The van der Waals surface area contributed by atoms with E-state index in [0.717, 1.165) is 25.1 Å². The molecule has 0 unspecified atom stereocenters. The number of nitrogens with zero attached hydrogens (tertiary/aromatic N) is 5. The van der Waals surface area contributed by atoms with Gasteiger partial charge in [-0.25, -0.2) is 14.1 Å². The third-order valence-corrected chi connectivity index (χ3v) is 8.79. The maximum Gasteiger partial charge on any atom is 0.333 e. The van der Waals surface area contributed by atoms with Crippen molar-refractivity contribution in [3.8, 4) is 0 Å². The Labute approximate surface area is 237 Å². The Balaban J connectivity index is 1.37. The van der Waals surface area contributed by atoms with E-state index in [4.69, 9.17) is 21.3 Å². The normalized spacial score (nSPS) is 24.2. The summed E-state index contributed by atoms with van der Waals surface area (Å²) in [6.45, 7) is -1.47. The number of hydrogen-bond acceptors (Lipinski definition) is 8. The van der Waals surface area contributed by atoms with Crippen molar-refractivity contribution in [2.45, 2.75) is 37.9 Å². The average Bonchev–Trinajstić information content (AvgIpc) is 3.68. The van der Waals surface area contributed by atoms with Gasteiger partial charge in [0.2, 0.25) is 0 Å². The third kappa shape index (κ3) is 5.04. The lowest BCUT2D eigenvalue weighted by Crippen LogP contribution is -2.42. The summed E-state index contributed by atoms with van der Waals surface area (Å²) in [5, 5.41) is 10.6. The molecule has 8 nitrogen and oxygen atoms in total. The van der Waals surface area contributed by atoms with Gasteiger partial charge in [-0.05, 0) is 43.5 Å². The van der Waals surface area contributed by atoms with E-state index in [1.54, 1.807) is 18.3 Å². The molecule has 4 heterocycles. The second-order valence-corrected chi connectivity index (χ2v) is 11.5. The van der Waals surface area contributed by atoms with Crippen LogP contribution in [0.5, 0.6) is 0 Å². The number of rotatable bonds is 8. The van der Waals surface area contributed by atoms with Gasteiger partial charge < -0.3 is 15.0 Å². The van der Waals surface area contributed by atoms with Gasteiger partial charge >= 0.3 is 12.5 Å². The fraction of sp³-hybridized carbons (Fsp3) is 0.407. The number of amidine groups is 1. The molecule has 0 bridgehead atoms. The molecule has 3 aliphatic rings. The molecule has 2 aliphatic heterocycles. The summed E-state index contributed by atoms with van der Waals surface area (Å²) in [5.74, 6) is 0.320. The highest BCUT2D eigenvalue weighted by Crippen LogP contribution is 2.46. The first-order valence-corrected chi connectivity index (χ1v) is 14.2. The molecule has 3 aromatic rings. The number of alkyl halides is 2. The molecule has 0 radical (unpaired) electrons. The molecule has 1 aliphatic carbocycles. The first-order valence-electron chi connectivity index (χ1n) is 12.9. The van der Waals surface area contributed by atoms with Gasteiger partial charge in [0.15, 0.2) is 10.8 Å². The second kappa shape index (κ2) is 11.0. The first kappa shape index (κ1) is 27.0. The van der Waals surface area contributed by atoms with E-state index in [-0.39, 0.29) is 23.0 Å². The van der Waals surface area contributed by atoms with Crippen LogP contribution in [0.3, 0.4) is 0 Å². The lowest BCUT2D eigenvalue weighted by atomic mass is 9.75. The quantitative estimate of drug-likeness (QED) is 0.358. The van der Waals surface area contributed by atoms with Crippen LogP contribution in [0.4, 0.5) is 13.2 Å². The minimum absolute atomic E-state index is 0.0342. The summed E-state index contributed by atoms with van der Waals surface area (Å²) < 4.78 is 46.5. The van der Waals surface area contributed by atoms with Crippen LogP contribution < -0.4 is 5.32 Å². The smallest absolute Gasteiger partial charge is 0.333 e. The zero-order valence-electron chi connectivity index (χ0n) is 21.4.